The molecule has 2 heteroatoms. The van der Waals surface area contributed by atoms with Crippen molar-refractivity contribution in [3.8, 4) is 0 Å². The topological polar surface area (TPSA) is 3.24 Å². The average molecular weight is 294 g/mol. The molecule has 1 saturated carbocycles. The van der Waals surface area contributed by atoms with E-state index in [1.54, 1.807) is 5.56 Å². The van der Waals surface area contributed by atoms with Gasteiger partial charge in [-0.2, -0.15) is 0 Å². The van der Waals surface area contributed by atoms with E-state index in [9.17, 15) is 0 Å². The molecule has 2 aliphatic rings. The highest BCUT2D eigenvalue weighted by atomic mass is 35.5. The molecule has 1 aromatic carbocycles. The Bertz CT molecular complexity index is 405. The van der Waals surface area contributed by atoms with Gasteiger partial charge < -0.3 is 4.90 Å². The molecule has 112 valence electrons. The maximum Gasteiger partial charge on any atom is -0.000614 e. The van der Waals surface area contributed by atoms with Gasteiger partial charge >= 0.3 is 0 Å². The van der Waals surface area contributed by atoms with Crippen molar-refractivity contribution < 1.29 is 0 Å². The third kappa shape index (κ3) is 2.89. The molecule has 1 nitrogen and oxygen atoms in total. The van der Waals surface area contributed by atoms with E-state index >= 15 is 0 Å². The summed E-state index contributed by atoms with van der Waals surface area (Å²) in [5, 5.41) is 0. The van der Waals surface area contributed by atoms with Gasteiger partial charge in [-0.25, -0.2) is 0 Å². The summed E-state index contributed by atoms with van der Waals surface area (Å²) >= 11 is 0. The van der Waals surface area contributed by atoms with Gasteiger partial charge in [-0.15, -0.1) is 12.4 Å². The fourth-order valence-electron chi connectivity index (χ4n) is 4.48. The molecule has 2 atom stereocenters. The number of hydrogen-bond donors (Lipinski definition) is 0. The van der Waals surface area contributed by atoms with Crippen LogP contribution in [0.1, 0.15) is 51.0 Å². The molecule has 20 heavy (non-hydrogen) atoms. The van der Waals surface area contributed by atoms with Gasteiger partial charge in [0.25, 0.3) is 0 Å². The van der Waals surface area contributed by atoms with Crippen LogP contribution < -0.4 is 0 Å². The Morgan fingerprint density at radius 2 is 1.85 bits per heavy atom. The van der Waals surface area contributed by atoms with E-state index < -0.39 is 0 Å². The highest BCUT2D eigenvalue weighted by Crippen LogP contribution is 2.49. The summed E-state index contributed by atoms with van der Waals surface area (Å²) in [7, 11) is 0. The fraction of sp³-hybridized carbons (Fsp3) is 0.667. The molecule has 0 radical (unpaired) electrons. The van der Waals surface area contributed by atoms with Crippen LogP contribution in [-0.2, 0) is 5.41 Å². The Hall–Kier alpha value is -0.530. The number of likely N-dealkylation sites (tertiary alicyclic amines) is 1. The summed E-state index contributed by atoms with van der Waals surface area (Å²) in [5.41, 5.74) is 2.11. The minimum absolute atomic E-state index is 0. The van der Waals surface area contributed by atoms with E-state index in [1.165, 1.54) is 58.2 Å². The molecule has 1 saturated heterocycles. The maximum atomic E-state index is 2.66. The third-order valence-electron chi connectivity index (χ3n) is 5.67. The second kappa shape index (κ2) is 6.95. The van der Waals surface area contributed by atoms with Crippen molar-refractivity contribution in [3.05, 3.63) is 35.9 Å². The molecule has 3 rings (SSSR count). The van der Waals surface area contributed by atoms with Crippen LogP contribution in [0.15, 0.2) is 30.3 Å². The lowest BCUT2D eigenvalue weighted by atomic mass is 9.60. The summed E-state index contributed by atoms with van der Waals surface area (Å²) in [6.45, 7) is 6.14. The molecule has 1 aliphatic heterocycles. The average Bonchev–Trinajstić information content (AvgIpc) is 2.68. The maximum absolute atomic E-state index is 2.66. The molecule has 1 aromatic rings. The molecular formula is C18H28ClN. The molecule has 0 aromatic heterocycles. The lowest BCUT2D eigenvalue weighted by Crippen LogP contribution is -2.38. The molecule has 0 unspecified atom stereocenters. The molecule has 1 heterocycles. The van der Waals surface area contributed by atoms with Crippen LogP contribution in [0.3, 0.4) is 0 Å². The minimum atomic E-state index is 0. The molecule has 0 bridgehead atoms. The SMILES string of the molecule is CCN1CC[C@@H]2CCCC[C@@]2(c2ccccc2)CC1.Cl. The normalized spacial score (nSPS) is 30.9. The lowest BCUT2D eigenvalue weighted by Gasteiger charge is -2.44. The van der Waals surface area contributed by atoms with Gasteiger partial charge in [0.15, 0.2) is 0 Å². The fourth-order valence-corrected chi connectivity index (χ4v) is 4.48. The van der Waals surface area contributed by atoms with Crippen molar-refractivity contribution in [3.63, 3.8) is 0 Å². The first-order valence-corrected chi connectivity index (χ1v) is 8.13. The van der Waals surface area contributed by atoms with E-state index in [-0.39, 0.29) is 12.4 Å². The largest absolute Gasteiger partial charge is 0.304 e. The second-order valence-corrected chi connectivity index (χ2v) is 6.44. The van der Waals surface area contributed by atoms with Crippen LogP contribution in [0.5, 0.6) is 0 Å². The third-order valence-corrected chi connectivity index (χ3v) is 5.67. The number of halogens is 1. The van der Waals surface area contributed by atoms with Crippen molar-refractivity contribution in [2.24, 2.45) is 5.92 Å². The zero-order chi connectivity index (χ0) is 13.1. The standard InChI is InChI=1S/C18H27N.ClH/c1-2-19-14-11-17-10-6-7-12-18(17,13-15-19)16-8-4-3-5-9-16;/h3-5,8-9,17H,2,6-7,10-15H2,1H3;1H/t17-,18-;/m0./s1. The first-order chi connectivity index (χ1) is 9.35. The predicted octanol–water partition coefficient (Wildman–Crippen LogP) is 4.65. The van der Waals surface area contributed by atoms with Crippen LogP contribution in [0, 0.1) is 5.92 Å². The number of rotatable bonds is 2. The predicted molar refractivity (Wildman–Crippen MR) is 88.7 cm³/mol. The Kier molecular flexibility index (Phi) is 5.51. The van der Waals surface area contributed by atoms with Gasteiger partial charge in [-0.05, 0) is 62.2 Å². The quantitative estimate of drug-likeness (QED) is 0.767. The number of fused-ring (bicyclic) bond motifs is 1. The molecule has 0 spiro atoms. The Morgan fingerprint density at radius 3 is 2.60 bits per heavy atom. The molecule has 2 fully saturated rings. The zero-order valence-corrected chi connectivity index (χ0v) is 13.5. The van der Waals surface area contributed by atoms with Gasteiger partial charge in [-0.1, -0.05) is 50.1 Å². The Balaban J connectivity index is 0.00000147. The van der Waals surface area contributed by atoms with Crippen molar-refractivity contribution >= 4 is 12.4 Å². The number of benzene rings is 1. The van der Waals surface area contributed by atoms with E-state index in [1.807, 2.05) is 0 Å². The van der Waals surface area contributed by atoms with Crippen molar-refractivity contribution in [2.75, 3.05) is 19.6 Å². The van der Waals surface area contributed by atoms with Crippen LogP contribution in [0.25, 0.3) is 0 Å². The highest BCUT2D eigenvalue weighted by molar-refractivity contribution is 5.85. The van der Waals surface area contributed by atoms with Gasteiger partial charge in [0.2, 0.25) is 0 Å². The highest BCUT2D eigenvalue weighted by Gasteiger charge is 2.43. The van der Waals surface area contributed by atoms with Crippen molar-refractivity contribution in [2.45, 2.75) is 50.9 Å². The number of hydrogen-bond acceptors (Lipinski definition) is 1. The van der Waals surface area contributed by atoms with Crippen molar-refractivity contribution in [1.82, 2.24) is 4.90 Å². The molecule has 1 aliphatic carbocycles. The summed E-state index contributed by atoms with van der Waals surface area (Å²) in [6, 6.07) is 11.4. The first kappa shape index (κ1) is 15.9. The van der Waals surface area contributed by atoms with Gasteiger partial charge in [0, 0.05) is 0 Å². The van der Waals surface area contributed by atoms with Gasteiger partial charge in [-0.3, -0.25) is 0 Å². The lowest BCUT2D eigenvalue weighted by molar-refractivity contribution is 0.176. The molecular weight excluding hydrogens is 266 g/mol. The molecule has 0 amide bonds. The summed E-state index contributed by atoms with van der Waals surface area (Å²) in [6.07, 6.45) is 8.52. The van der Waals surface area contributed by atoms with Gasteiger partial charge in [0.05, 0.1) is 0 Å². The van der Waals surface area contributed by atoms with Crippen LogP contribution in [0.4, 0.5) is 0 Å². The first-order valence-electron chi connectivity index (χ1n) is 8.13. The summed E-state index contributed by atoms with van der Waals surface area (Å²) in [4.78, 5) is 2.66. The minimum Gasteiger partial charge on any atom is -0.304 e. The molecule has 0 N–H and O–H groups in total. The van der Waals surface area contributed by atoms with Crippen LogP contribution in [0.2, 0.25) is 0 Å². The van der Waals surface area contributed by atoms with Crippen molar-refractivity contribution in [1.29, 1.82) is 0 Å². The summed E-state index contributed by atoms with van der Waals surface area (Å²) < 4.78 is 0. The van der Waals surface area contributed by atoms with E-state index in [4.69, 9.17) is 0 Å². The Labute approximate surface area is 130 Å². The summed E-state index contributed by atoms with van der Waals surface area (Å²) in [5.74, 6) is 0.917. The van der Waals surface area contributed by atoms with E-state index in [0.717, 1.165) is 5.92 Å². The van der Waals surface area contributed by atoms with Crippen LogP contribution >= 0.6 is 12.4 Å². The Morgan fingerprint density at radius 1 is 1.05 bits per heavy atom. The monoisotopic (exact) mass is 293 g/mol. The van der Waals surface area contributed by atoms with Gasteiger partial charge in [0.1, 0.15) is 0 Å². The zero-order valence-electron chi connectivity index (χ0n) is 12.7. The van der Waals surface area contributed by atoms with Crippen LogP contribution in [-0.4, -0.2) is 24.5 Å². The number of nitrogens with zero attached hydrogens (tertiary/aromatic N) is 1. The smallest absolute Gasteiger partial charge is 0.000614 e. The van der Waals surface area contributed by atoms with E-state index in [0.29, 0.717) is 5.41 Å². The van der Waals surface area contributed by atoms with E-state index in [2.05, 4.69) is 42.2 Å². The second-order valence-electron chi connectivity index (χ2n) is 6.44.